The molecule has 0 bridgehead atoms. The van der Waals surface area contributed by atoms with E-state index in [1.807, 2.05) is 12.1 Å². The molecule has 1 heterocycles. The summed E-state index contributed by atoms with van der Waals surface area (Å²) in [6.07, 6.45) is 3.53. The fourth-order valence-electron chi connectivity index (χ4n) is 1.58. The van der Waals surface area contributed by atoms with Crippen molar-refractivity contribution in [1.82, 2.24) is 4.98 Å². The molecule has 16 heavy (non-hydrogen) atoms. The van der Waals surface area contributed by atoms with Gasteiger partial charge in [-0.1, -0.05) is 6.08 Å². The van der Waals surface area contributed by atoms with Crippen LogP contribution in [0.25, 0.3) is 0 Å². The van der Waals surface area contributed by atoms with E-state index < -0.39 is 0 Å². The predicted molar refractivity (Wildman–Crippen MR) is 66.9 cm³/mol. The van der Waals surface area contributed by atoms with E-state index in [2.05, 4.69) is 30.3 Å². The Morgan fingerprint density at radius 3 is 2.81 bits per heavy atom. The van der Waals surface area contributed by atoms with Crippen LogP contribution in [0.2, 0.25) is 0 Å². The third kappa shape index (κ3) is 2.69. The number of pyridine rings is 1. The average molecular weight is 218 g/mol. The van der Waals surface area contributed by atoms with Crippen LogP contribution in [0.15, 0.2) is 31.0 Å². The predicted octanol–water partition coefficient (Wildman–Crippen LogP) is 2.69. The Bertz CT molecular complexity index is 385. The molecule has 0 atom stereocenters. The molecule has 0 fully saturated rings. The van der Waals surface area contributed by atoms with E-state index in [1.165, 1.54) is 0 Å². The molecule has 0 aromatic carbocycles. The summed E-state index contributed by atoms with van der Waals surface area (Å²) < 4.78 is 0. The van der Waals surface area contributed by atoms with E-state index in [1.54, 1.807) is 19.2 Å². The molecule has 0 amide bonds. The van der Waals surface area contributed by atoms with Crippen LogP contribution >= 0.6 is 0 Å². The topological polar surface area (TPSA) is 33.2 Å². The van der Waals surface area contributed by atoms with Crippen molar-refractivity contribution < 1.29 is 4.79 Å². The van der Waals surface area contributed by atoms with Crippen molar-refractivity contribution in [1.29, 1.82) is 0 Å². The largest absolute Gasteiger partial charge is 0.350 e. The first-order chi connectivity index (χ1) is 7.57. The molecule has 1 aromatic heterocycles. The lowest BCUT2D eigenvalue weighted by Crippen LogP contribution is -2.32. The smallest absolute Gasteiger partial charge is 0.163 e. The molecular weight excluding hydrogens is 200 g/mol. The molecule has 0 aliphatic rings. The summed E-state index contributed by atoms with van der Waals surface area (Å²) in [4.78, 5) is 17.9. The second kappa shape index (κ2) is 5.45. The minimum Gasteiger partial charge on any atom is -0.350 e. The molecule has 0 N–H and O–H groups in total. The highest BCUT2D eigenvalue weighted by Crippen LogP contribution is 2.19. The maximum absolute atomic E-state index is 11.5. The highest BCUT2D eigenvalue weighted by Gasteiger charge is 2.16. The third-order valence-electron chi connectivity index (χ3n) is 2.39. The number of ketones is 1. The number of anilines is 1. The molecule has 3 heteroatoms. The SMILES string of the molecule is C=CCN(c1ncccc1C(C)=O)C(C)C. The molecular formula is C13H18N2O. The normalized spacial score (nSPS) is 10.2. The lowest BCUT2D eigenvalue weighted by Gasteiger charge is -2.27. The van der Waals surface area contributed by atoms with E-state index in [9.17, 15) is 4.79 Å². The average Bonchev–Trinajstić information content (AvgIpc) is 2.25. The number of hydrogen-bond acceptors (Lipinski definition) is 3. The van der Waals surface area contributed by atoms with Gasteiger partial charge in [0.1, 0.15) is 5.82 Å². The van der Waals surface area contributed by atoms with E-state index in [-0.39, 0.29) is 11.8 Å². The highest BCUT2D eigenvalue weighted by atomic mass is 16.1. The number of Topliss-reactive ketones (excluding diaryl/α,β-unsaturated/α-hetero) is 1. The van der Waals surface area contributed by atoms with Gasteiger partial charge in [-0.25, -0.2) is 4.98 Å². The van der Waals surface area contributed by atoms with Gasteiger partial charge in [0.15, 0.2) is 5.78 Å². The van der Waals surface area contributed by atoms with Gasteiger partial charge < -0.3 is 4.90 Å². The Balaban J connectivity index is 3.17. The second-order valence-electron chi connectivity index (χ2n) is 3.97. The molecule has 0 saturated carbocycles. The number of carbonyl (C=O) groups excluding carboxylic acids is 1. The first kappa shape index (κ1) is 12.4. The second-order valence-corrected chi connectivity index (χ2v) is 3.97. The zero-order chi connectivity index (χ0) is 12.1. The van der Waals surface area contributed by atoms with Crippen molar-refractivity contribution in [3.8, 4) is 0 Å². The molecule has 0 unspecified atom stereocenters. The minimum atomic E-state index is 0.0396. The molecule has 0 aliphatic carbocycles. The summed E-state index contributed by atoms with van der Waals surface area (Å²) in [6, 6.07) is 3.88. The van der Waals surface area contributed by atoms with Gasteiger partial charge in [-0.05, 0) is 32.9 Å². The van der Waals surface area contributed by atoms with Crippen LogP contribution in [0.1, 0.15) is 31.1 Å². The number of nitrogens with zero attached hydrogens (tertiary/aromatic N) is 2. The maximum atomic E-state index is 11.5. The maximum Gasteiger partial charge on any atom is 0.163 e. The van der Waals surface area contributed by atoms with Crippen LogP contribution in [0.3, 0.4) is 0 Å². The van der Waals surface area contributed by atoms with Gasteiger partial charge in [-0.2, -0.15) is 0 Å². The first-order valence-corrected chi connectivity index (χ1v) is 5.41. The lowest BCUT2D eigenvalue weighted by atomic mass is 10.1. The van der Waals surface area contributed by atoms with E-state index in [0.29, 0.717) is 12.1 Å². The standard InChI is InChI=1S/C13H18N2O/c1-5-9-15(10(2)3)13-12(11(4)16)7-6-8-14-13/h5-8,10H,1,9H2,2-4H3. The van der Waals surface area contributed by atoms with Crippen molar-refractivity contribution in [2.45, 2.75) is 26.8 Å². The summed E-state index contributed by atoms with van der Waals surface area (Å²) in [5, 5.41) is 0. The zero-order valence-corrected chi connectivity index (χ0v) is 10.1. The van der Waals surface area contributed by atoms with Crippen LogP contribution in [0, 0.1) is 0 Å². The number of rotatable bonds is 5. The van der Waals surface area contributed by atoms with Crippen LogP contribution in [-0.4, -0.2) is 23.4 Å². The number of hydrogen-bond donors (Lipinski definition) is 0. The van der Waals surface area contributed by atoms with Crippen molar-refractivity contribution in [2.75, 3.05) is 11.4 Å². The summed E-state index contributed by atoms with van der Waals surface area (Å²) >= 11 is 0. The quantitative estimate of drug-likeness (QED) is 0.562. The molecule has 3 nitrogen and oxygen atoms in total. The molecule has 1 aromatic rings. The Kier molecular flexibility index (Phi) is 4.23. The summed E-state index contributed by atoms with van der Waals surface area (Å²) in [5.41, 5.74) is 0.665. The third-order valence-corrected chi connectivity index (χ3v) is 2.39. The number of aromatic nitrogens is 1. The molecule has 0 spiro atoms. The Labute approximate surface area is 96.8 Å². The van der Waals surface area contributed by atoms with Crippen LogP contribution < -0.4 is 4.90 Å². The van der Waals surface area contributed by atoms with Crippen molar-refractivity contribution in [2.24, 2.45) is 0 Å². The van der Waals surface area contributed by atoms with Gasteiger partial charge >= 0.3 is 0 Å². The lowest BCUT2D eigenvalue weighted by molar-refractivity contribution is 0.101. The van der Waals surface area contributed by atoms with Gasteiger partial charge in [-0.3, -0.25) is 4.79 Å². The molecule has 0 radical (unpaired) electrons. The van der Waals surface area contributed by atoms with Crippen molar-refractivity contribution in [3.05, 3.63) is 36.5 Å². The summed E-state index contributed by atoms with van der Waals surface area (Å²) in [5.74, 6) is 0.780. The Morgan fingerprint density at radius 2 is 2.31 bits per heavy atom. The first-order valence-electron chi connectivity index (χ1n) is 5.41. The van der Waals surface area contributed by atoms with Crippen LogP contribution in [0.4, 0.5) is 5.82 Å². The highest BCUT2D eigenvalue weighted by molar-refractivity contribution is 5.98. The van der Waals surface area contributed by atoms with E-state index in [4.69, 9.17) is 0 Å². The Hall–Kier alpha value is -1.64. The van der Waals surface area contributed by atoms with Gasteiger partial charge in [-0.15, -0.1) is 6.58 Å². The molecule has 0 saturated heterocycles. The van der Waals surface area contributed by atoms with Crippen LogP contribution in [-0.2, 0) is 0 Å². The molecule has 0 aliphatic heterocycles. The summed E-state index contributed by atoms with van der Waals surface area (Å²) in [6.45, 7) is 10.1. The zero-order valence-electron chi connectivity index (χ0n) is 10.1. The molecule has 86 valence electrons. The molecule has 1 rings (SSSR count). The fraction of sp³-hybridized carbons (Fsp3) is 0.385. The van der Waals surface area contributed by atoms with E-state index >= 15 is 0 Å². The number of carbonyl (C=O) groups is 1. The fourth-order valence-corrected chi connectivity index (χ4v) is 1.58. The monoisotopic (exact) mass is 218 g/mol. The van der Waals surface area contributed by atoms with Gasteiger partial charge in [0.25, 0.3) is 0 Å². The van der Waals surface area contributed by atoms with Gasteiger partial charge in [0.05, 0.1) is 5.56 Å². The van der Waals surface area contributed by atoms with Crippen molar-refractivity contribution >= 4 is 11.6 Å². The minimum absolute atomic E-state index is 0.0396. The van der Waals surface area contributed by atoms with Gasteiger partial charge in [0, 0.05) is 18.8 Å². The van der Waals surface area contributed by atoms with E-state index in [0.717, 1.165) is 5.82 Å². The van der Waals surface area contributed by atoms with Crippen LogP contribution in [0.5, 0.6) is 0 Å². The summed E-state index contributed by atoms with van der Waals surface area (Å²) in [7, 11) is 0. The van der Waals surface area contributed by atoms with Crippen molar-refractivity contribution in [3.63, 3.8) is 0 Å². The Morgan fingerprint density at radius 1 is 1.62 bits per heavy atom. The van der Waals surface area contributed by atoms with Gasteiger partial charge in [0.2, 0.25) is 0 Å².